The second-order valence-corrected chi connectivity index (χ2v) is 6.06. The highest BCUT2D eigenvalue weighted by atomic mass is 32.2. The fourth-order valence-electron chi connectivity index (χ4n) is 1.30. The summed E-state index contributed by atoms with van der Waals surface area (Å²) in [7, 11) is 1.44. The van der Waals surface area contributed by atoms with Gasteiger partial charge in [-0.05, 0) is 21.0 Å². The number of likely N-dealkylation sites (N-methyl/N-ethyl adjacent to an activating group) is 1. The van der Waals surface area contributed by atoms with E-state index in [4.69, 9.17) is 5.11 Å². The first-order valence-corrected chi connectivity index (χ1v) is 6.69. The Bertz CT molecular complexity index is 342. The monoisotopic (exact) mass is 267 g/mol. The Kier molecular flexibility index (Phi) is 6.61. The van der Waals surface area contributed by atoms with Crippen molar-refractivity contribution in [3.8, 4) is 0 Å². The van der Waals surface area contributed by atoms with Gasteiger partial charge in [-0.15, -0.1) is 0 Å². The van der Waals surface area contributed by atoms with Crippen molar-refractivity contribution in [1.82, 2.24) is 13.9 Å². The molecule has 0 aliphatic rings. The summed E-state index contributed by atoms with van der Waals surface area (Å²) in [4.78, 5) is 12.2. The van der Waals surface area contributed by atoms with Gasteiger partial charge in [-0.25, -0.2) is 0 Å². The molecule has 0 radical (unpaired) electrons. The van der Waals surface area contributed by atoms with E-state index in [0.717, 1.165) is 4.31 Å². The molecule has 0 saturated heterocycles. The lowest BCUT2D eigenvalue weighted by molar-refractivity contribution is -0.137. The number of carbonyl (C=O) groups is 1. The van der Waals surface area contributed by atoms with E-state index >= 15 is 0 Å². The van der Waals surface area contributed by atoms with Crippen LogP contribution in [0.2, 0.25) is 0 Å². The lowest BCUT2D eigenvalue weighted by Crippen LogP contribution is -2.46. The third kappa shape index (κ3) is 7.27. The number of hydrogen-bond donors (Lipinski definition) is 2. The fourth-order valence-corrected chi connectivity index (χ4v) is 2.40. The molecule has 7 nitrogen and oxygen atoms in total. The molecule has 0 spiro atoms. The molecule has 1 atom stereocenters. The molecule has 102 valence electrons. The minimum absolute atomic E-state index is 0.0423. The van der Waals surface area contributed by atoms with Crippen molar-refractivity contribution in [1.29, 1.82) is 0 Å². The molecule has 0 aromatic rings. The van der Waals surface area contributed by atoms with Crippen molar-refractivity contribution in [2.45, 2.75) is 19.4 Å². The van der Waals surface area contributed by atoms with Crippen LogP contribution in [0, 0.1) is 0 Å². The van der Waals surface area contributed by atoms with Crippen LogP contribution in [-0.2, 0) is 15.0 Å². The van der Waals surface area contributed by atoms with Crippen LogP contribution in [0.25, 0.3) is 0 Å². The van der Waals surface area contributed by atoms with Gasteiger partial charge >= 0.3 is 5.97 Å². The average molecular weight is 267 g/mol. The number of aliphatic carboxylic acids is 1. The summed E-state index contributed by atoms with van der Waals surface area (Å²) < 4.78 is 27.0. The SMILES string of the molecule is CC(CN(C)C)NS(=O)(=O)N(C)CCC(=O)O. The molecule has 8 heteroatoms. The maximum Gasteiger partial charge on any atom is 0.304 e. The van der Waals surface area contributed by atoms with Crippen LogP contribution < -0.4 is 4.72 Å². The zero-order valence-corrected chi connectivity index (χ0v) is 11.5. The predicted molar refractivity (Wildman–Crippen MR) is 65.0 cm³/mol. The molecule has 0 aliphatic heterocycles. The average Bonchev–Trinajstić information content (AvgIpc) is 2.11. The van der Waals surface area contributed by atoms with Gasteiger partial charge in [0.25, 0.3) is 10.2 Å². The zero-order valence-electron chi connectivity index (χ0n) is 10.7. The summed E-state index contributed by atoms with van der Waals surface area (Å²) in [5.74, 6) is -1.02. The molecular weight excluding hydrogens is 246 g/mol. The Morgan fingerprint density at radius 1 is 1.35 bits per heavy atom. The van der Waals surface area contributed by atoms with Gasteiger partial charge < -0.3 is 10.0 Å². The van der Waals surface area contributed by atoms with Gasteiger partial charge in [0.05, 0.1) is 6.42 Å². The lowest BCUT2D eigenvalue weighted by Gasteiger charge is -2.22. The summed E-state index contributed by atoms with van der Waals surface area (Å²) in [6.07, 6.45) is -0.209. The summed E-state index contributed by atoms with van der Waals surface area (Å²) in [6, 6.07) is -0.234. The van der Waals surface area contributed by atoms with Crippen molar-refractivity contribution in [2.24, 2.45) is 0 Å². The topological polar surface area (TPSA) is 90.0 Å². The number of carboxylic acids is 1. The van der Waals surface area contributed by atoms with Gasteiger partial charge in [0.15, 0.2) is 0 Å². The highest BCUT2D eigenvalue weighted by Gasteiger charge is 2.20. The van der Waals surface area contributed by atoms with Gasteiger partial charge in [0.1, 0.15) is 0 Å². The Hall–Kier alpha value is -0.700. The third-order valence-corrected chi connectivity index (χ3v) is 3.74. The van der Waals surface area contributed by atoms with Crippen molar-refractivity contribution in [3.05, 3.63) is 0 Å². The van der Waals surface area contributed by atoms with E-state index < -0.39 is 16.2 Å². The van der Waals surface area contributed by atoms with Crippen molar-refractivity contribution in [3.63, 3.8) is 0 Å². The molecule has 0 rings (SSSR count). The summed E-state index contributed by atoms with van der Waals surface area (Å²) in [5.41, 5.74) is 0. The van der Waals surface area contributed by atoms with Gasteiger partial charge in [-0.2, -0.15) is 17.4 Å². The Labute approximate surface area is 103 Å². The standard InChI is InChI=1S/C9H21N3O4S/c1-8(7-11(2)3)10-17(15,16)12(4)6-5-9(13)14/h8,10H,5-7H2,1-4H3,(H,13,14). The van der Waals surface area contributed by atoms with Crippen molar-refractivity contribution < 1.29 is 18.3 Å². The number of nitrogens with zero attached hydrogens (tertiary/aromatic N) is 2. The minimum Gasteiger partial charge on any atom is -0.481 e. The first-order chi connectivity index (χ1) is 7.65. The van der Waals surface area contributed by atoms with E-state index in [0.29, 0.717) is 6.54 Å². The number of carboxylic acid groups (broad SMARTS) is 1. The van der Waals surface area contributed by atoms with Crippen LogP contribution in [0.4, 0.5) is 0 Å². The van der Waals surface area contributed by atoms with Gasteiger partial charge in [-0.3, -0.25) is 4.79 Å². The highest BCUT2D eigenvalue weighted by Crippen LogP contribution is 1.98. The van der Waals surface area contributed by atoms with Crippen LogP contribution in [0.15, 0.2) is 0 Å². The van der Waals surface area contributed by atoms with Crippen molar-refractivity contribution >= 4 is 16.2 Å². The summed E-state index contributed by atoms with van der Waals surface area (Å²) in [6.45, 7) is 2.29. The molecule has 17 heavy (non-hydrogen) atoms. The summed E-state index contributed by atoms with van der Waals surface area (Å²) in [5, 5.41) is 8.48. The molecule has 0 aromatic carbocycles. The normalized spacial score (nSPS) is 14.2. The summed E-state index contributed by atoms with van der Waals surface area (Å²) >= 11 is 0. The Balaban J connectivity index is 4.31. The number of rotatable bonds is 8. The number of nitrogens with one attached hydrogen (secondary N) is 1. The van der Waals surface area contributed by atoms with E-state index in [-0.39, 0.29) is 19.0 Å². The van der Waals surface area contributed by atoms with Crippen LogP contribution in [0.3, 0.4) is 0 Å². The van der Waals surface area contributed by atoms with E-state index in [1.807, 2.05) is 19.0 Å². The zero-order chi connectivity index (χ0) is 13.6. The Morgan fingerprint density at radius 2 is 1.88 bits per heavy atom. The second kappa shape index (κ2) is 6.90. The molecule has 0 amide bonds. The molecule has 0 aromatic heterocycles. The maximum absolute atomic E-state index is 11.7. The molecule has 0 bridgehead atoms. The minimum atomic E-state index is -3.61. The molecule has 2 N–H and O–H groups in total. The number of hydrogen-bond acceptors (Lipinski definition) is 4. The predicted octanol–water partition coefficient (Wildman–Crippen LogP) is -0.823. The lowest BCUT2D eigenvalue weighted by atomic mass is 10.3. The first-order valence-electron chi connectivity index (χ1n) is 5.25. The van der Waals surface area contributed by atoms with Gasteiger partial charge in [0, 0.05) is 26.2 Å². The van der Waals surface area contributed by atoms with Crippen LogP contribution >= 0.6 is 0 Å². The van der Waals surface area contributed by atoms with Crippen LogP contribution in [0.5, 0.6) is 0 Å². The first kappa shape index (κ1) is 16.3. The smallest absolute Gasteiger partial charge is 0.304 e. The second-order valence-electron chi connectivity index (χ2n) is 4.25. The van der Waals surface area contributed by atoms with E-state index in [1.54, 1.807) is 6.92 Å². The van der Waals surface area contributed by atoms with Crippen LogP contribution in [-0.4, -0.2) is 69.0 Å². The quantitative estimate of drug-likeness (QED) is 0.599. The molecular formula is C9H21N3O4S. The van der Waals surface area contributed by atoms with Crippen molar-refractivity contribution in [2.75, 3.05) is 34.2 Å². The Morgan fingerprint density at radius 3 is 2.29 bits per heavy atom. The van der Waals surface area contributed by atoms with Gasteiger partial charge in [-0.1, -0.05) is 0 Å². The third-order valence-electron chi connectivity index (χ3n) is 2.04. The largest absolute Gasteiger partial charge is 0.481 e. The van der Waals surface area contributed by atoms with E-state index in [1.165, 1.54) is 7.05 Å². The molecule has 0 saturated carbocycles. The highest BCUT2D eigenvalue weighted by molar-refractivity contribution is 7.87. The maximum atomic E-state index is 11.7. The van der Waals surface area contributed by atoms with Gasteiger partial charge in [0.2, 0.25) is 0 Å². The molecule has 0 heterocycles. The molecule has 1 unspecified atom stereocenters. The van der Waals surface area contributed by atoms with E-state index in [9.17, 15) is 13.2 Å². The van der Waals surface area contributed by atoms with Crippen LogP contribution in [0.1, 0.15) is 13.3 Å². The fraction of sp³-hybridized carbons (Fsp3) is 0.889. The van der Waals surface area contributed by atoms with E-state index in [2.05, 4.69) is 4.72 Å². The molecule has 0 aliphatic carbocycles. The molecule has 0 fully saturated rings.